The van der Waals surface area contributed by atoms with E-state index < -0.39 is 29.7 Å². The van der Waals surface area contributed by atoms with Gasteiger partial charge in [0.15, 0.2) is 6.04 Å². The van der Waals surface area contributed by atoms with E-state index in [1.165, 1.54) is 12.7 Å². The van der Waals surface area contributed by atoms with Crippen LogP contribution in [0.15, 0.2) is 35.3 Å². The van der Waals surface area contributed by atoms with Gasteiger partial charge in [-0.25, -0.2) is 14.6 Å². The van der Waals surface area contributed by atoms with Gasteiger partial charge in [0.25, 0.3) is 0 Å². The third-order valence-corrected chi connectivity index (χ3v) is 4.64. The Morgan fingerprint density at radius 2 is 2.04 bits per heavy atom. The van der Waals surface area contributed by atoms with Crippen LogP contribution in [0.5, 0.6) is 0 Å². The Balaban J connectivity index is 2.01. The van der Waals surface area contributed by atoms with E-state index in [1.54, 1.807) is 32.5 Å². The highest BCUT2D eigenvalue weighted by Crippen LogP contribution is 2.17. The molecule has 0 saturated carbocycles. The average molecular weight is 394 g/mol. The molecule has 1 aliphatic rings. The van der Waals surface area contributed by atoms with Gasteiger partial charge in [0.2, 0.25) is 5.90 Å². The number of carbonyl (C=O) groups excluding carboxylic acids is 2. The maximum absolute atomic E-state index is 12.2. The molecule has 0 spiro atoms. The predicted octanol–water partition coefficient (Wildman–Crippen LogP) is 2.78. The van der Waals surface area contributed by atoms with Crippen LogP contribution in [0.4, 0.5) is 4.79 Å². The number of aliphatic imine (C=N–C) groups is 1. The Kier molecular flexibility index (Phi) is 7.53. The number of methoxy groups -OCH3 is 1. The van der Waals surface area contributed by atoms with E-state index in [9.17, 15) is 9.59 Å². The van der Waals surface area contributed by atoms with E-state index >= 15 is 0 Å². The number of ether oxygens (including phenoxy) is 3. The quantitative estimate of drug-likeness (QED) is 0.716. The molecule has 1 aliphatic heterocycles. The maximum Gasteiger partial charge on any atom is 0.408 e. The van der Waals surface area contributed by atoms with Gasteiger partial charge in [-0.2, -0.15) is 11.8 Å². The second kappa shape index (κ2) is 9.64. The summed E-state index contributed by atoms with van der Waals surface area (Å²) < 4.78 is 15.6. The first-order valence-electron chi connectivity index (χ1n) is 8.68. The lowest BCUT2D eigenvalue weighted by atomic mass is 10.2. The summed E-state index contributed by atoms with van der Waals surface area (Å²) >= 11 is 1.63. The van der Waals surface area contributed by atoms with Crippen LogP contribution >= 0.6 is 11.8 Å². The molecule has 27 heavy (non-hydrogen) atoms. The van der Waals surface area contributed by atoms with Crippen molar-refractivity contribution in [3.8, 4) is 0 Å². The molecule has 0 bridgehead atoms. The number of nitrogens with one attached hydrogen (secondary N) is 1. The molecule has 8 heteroatoms. The summed E-state index contributed by atoms with van der Waals surface area (Å²) in [4.78, 5) is 28.1. The Morgan fingerprint density at radius 1 is 1.33 bits per heavy atom. The Hall–Kier alpha value is -2.22. The fourth-order valence-corrected chi connectivity index (χ4v) is 3.34. The van der Waals surface area contributed by atoms with Crippen molar-refractivity contribution in [3.05, 3.63) is 35.9 Å². The van der Waals surface area contributed by atoms with Gasteiger partial charge in [-0.3, -0.25) is 0 Å². The summed E-state index contributed by atoms with van der Waals surface area (Å²) in [6.45, 7) is 5.49. The number of thioether (sulfide) groups is 1. The minimum Gasteiger partial charge on any atom is -0.477 e. The first-order valence-corrected chi connectivity index (χ1v) is 9.83. The third kappa shape index (κ3) is 7.13. The molecule has 0 fully saturated rings. The van der Waals surface area contributed by atoms with E-state index in [-0.39, 0.29) is 6.61 Å². The van der Waals surface area contributed by atoms with Crippen molar-refractivity contribution in [1.29, 1.82) is 0 Å². The van der Waals surface area contributed by atoms with Crippen molar-refractivity contribution in [3.63, 3.8) is 0 Å². The standard InChI is InChI=1S/C19H26N2O5S/c1-19(2,3)26-18(23)21-15(12-27-11-13-8-6-5-7-9-13)16-20-14(10-25-16)17(22)24-4/h5-9,14-15H,10-12H2,1-4H3,(H,21,23). The maximum atomic E-state index is 12.2. The number of nitrogens with zero attached hydrogens (tertiary/aromatic N) is 1. The smallest absolute Gasteiger partial charge is 0.408 e. The topological polar surface area (TPSA) is 86.2 Å². The fraction of sp³-hybridized carbons (Fsp3) is 0.526. The van der Waals surface area contributed by atoms with Crippen LogP contribution in [-0.4, -0.2) is 55.1 Å². The van der Waals surface area contributed by atoms with Crippen LogP contribution in [-0.2, 0) is 24.8 Å². The molecule has 1 aromatic carbocycles. The van der Waals surface area contributed by atoms with Gasteiger partial charge in [-0.15, -0.1) is 0 Å². The molecule has 2 rings (SSSR count). The molecule has 1 aromatic rings. The zero-order chi connectivity index (χ0) is 19.9. The van der Waals surface area contributed by atoms with Crippen LogP contribution in [0, 0.1) is 0 Å². The zero-order valence-electron chi connectivity index (χ0n) is 16.1. The van der Waals surface area contributed by atoms with Crippen LogP contribution in [0.3, 0.4) is 0 Å². The lowest BCUT2D eigenvalue weighted by Crippen LogP contribution is -2.45. The zero-order valence-corrected chi connectivity index (χ0v) is 16.9. The molecule has 0 saturated heterocycles. The van der Waals surface area contributed by atoms with Gasteiger partial charge in [0, 0.05) is 11.5 Å². The summed E-state index contributed by atoms with van der Waals surface area (Å²) in [7, 11) is 1.31. The van der Waals surface area contributed by atoms with Crippen molar-refractivity contribution in [2.45, 2.75) is 44.2 Å². The molecule has 1 heterocycles. The average Bonchev–Trinajstić information content (AvgIpc) is 3.09. The van der Waals surface area contributed by atoms with Gasteiger partial charge in [-0.05, 0) is 26.3 Å². The molecule has 0 aliphatic carbocycles. The summed E-state index contributed by atoms with van der Waals surface area (Å²) in [5.41, 5.74) is 0.568. The molecule has 148 valence electrons. The largest absolute Gasteiger partial charge is 0.477 e. The first-order chi connectivity index (χ1) is 12.8. The van der Waals surface area contributed by atoms with Gasteiger partial charge in [0.05, 0.1) is 7.11 Å². The number of alkyl carbamates (subject to hydrolysis) is 1. The van der Waals surface area contributed by atoms with Crippen molar-refractivity contribution >= 4 is 29.7 Å². The van der Waals surface area contributed by atoms with Gasteiger partial charge in [0.1, 0.15) is 18.2 Å². The molecule has 2 unspecified atom stereocenters. The highest BCUT2D eigenvalue weighted by atomic mass is 32.2. The number of esters is 1. The Morgan fingerprint density at radius 3 is 2.67 bits per heavy atom. The monoisotopic (exact) mass is 394 g/mol. The van der Waals surface area contributed by atoms with Crippen molar-refractivity contribution in [2.75, 3.05) is 19.5 Å². The number of benzene rings is 1. The first kappa shape index (κ1) is 21.1. The predicted molar refractivity (Wildman–Crippen MR) is 105 cm³/mol. The van der Waals surface area contributed by atoms with Gasteiger partial charge in [-0.1, -0.05) is 30.3 Å². The third-order valence-electron chi connectivity index (χ3n) is 3.53. The number of rotatable bonds is 7. The van der Waals surface area contributed by atoms with Crippen molar-refractivity contribution in [2.24, 2.45) is 4.99 Å². The molecular formula is C19H26N2O5S. The lowest BCUT2D eigenvalue weighted by molar-refractivity contribution is -0.142. The molecule has 0 aromatic heterocycles. The summed E-state index contributed by atoms with van der Waals surface area (Å²) in [6, 6.07) is 8.82. The van der Waals surface area contributed by atoms with E-state index in [2.05, 4.69) is 10.3 Å². The van der Waals surface area contributed by atoms with Crippen LogP contribution in [0.25, 0.3) is 0 Å². The number of amides is 1. The van der Waals surface area contributed by atoms with Gasteiger partial charge < -0.3 is 19.5 Å². The fourth-order valence-electron chi connectivity index (χ4n) is 2.33. The molecule has 2 atom stereocenters. The SMILES string of the molecule is COC(=O)C1COC(C(CSCc2ccccc2)NC(=O)OC(C)(C)C)=N1. The van der Waals surface area contributed by atoms with Crippen LogP contribution < -0.4 is 5.32 Å². The Bertz CT molecular complexity index is 672. The number of hydrogen-bond acceptors (Lipinski definition) is 7. The van der Waals surface area contributed by atoms with Crippen LogP contribution in [0.2, 0.25) is 0 Å². The van der Waals surface area contributed by atoms with Crippen LogP contribution in [0.1, 0.15) is 26.3 Å². The summed E-state index contributed by atoms with van der Waals surface area (Å²) in [6.07, 6.45) is -0.555. The van der Waals surface area contributed by atoms with Crippen molar-refractivity contribution < 1.29 is 23.8 Å². The second-order valence-corrected chi connectivity index (χ2v) is 8.05. The molecule has 1 N–H and O–H groups in total. The minimum atomic E-state index is -0.702. The van der Waals surface area contributed by atoms with Crippen molar-refractivity contribution in [1.82, 2.24) is 5.32 Å². The molecular weight excluding hydrogens is 368 g/mol. The van der Waals surface area contributed by atoms with E-state index in [0.29, 0.717) is 11.7 Å². The summed E-state index contributed by atoms with van der Waals surface area (Å²) in [5, 5.41) is 2.79. The normalized spacial score (nSPS) is 17.5. The highest BCUT2D eigenvalue weighted by Gasteiger charge is 2.32. The molecule has 1 amide bonds. The summed E-state index contributed by atoms with van der Waals surface area (Å²) in [5.74, 6) is 1.16. The van der Waals surface area contributed by atoms with E-state index in [1.807, 2.05) is 30.3 Å². The lowest BCUT2D eigenvalue weighted by Gasteiger charge is -2.23. The number of carbonyl (C=O) groups is 2. The van der Waals surface area contributed by atoms with E-state index in [4.69, 9.17) is 14.2 Å². The Labute approximate surface area is 163 Å². The second-order valence-electron chi connectivity index (χ2n) is 7.02. The number of hydrogen-bond donors (Lipinski definition) is 1. The molecule has 0 radical (unpaired) electrons. The minimum absolute atomic E-state index is 0.109. The molecule has 7 nitrogen and oxygen atoms in total. The van der Waals surface area contributed by atoms with E-state index in [0.717, 1.165) is 5.75 Å². The highest BCUT2D eigenvalue weighted by molar-refractivity contribution is 7.98. The van der Waals surface area contributed by atoms with Gasteiger partial charge >= 0.3 is 12.1 Å².